The van der Waals surface area contributed by atoms with Crippen LogP contribution in [0, 0.1) is 13.8 Å². The third kappa shape index (κ3) is 1.78. The minimum absolute atomic E-state index is 0.767. The van der Waals surface area contributed by atoms with Gasteiger partial charge in [-0.15, -0.1) is 11.3 Å². The van der Waals surface area contributed by atoms with Gasteiger partial charge in [-0.2, -0.15) is 0 Å². The Kier molecular flexibility index (Phi) is 2.32. The van der Waals surface area contributed by atoms with Crippen molar-refractivity contribution in [2.75, 3.05) is 0 Å². The maximum Gasteiger partial charge on any atom is 0.0965 e. The summed E-state index contributed by atoms with van der Waals surface area (Å²) in [7, 11) is 0. The lowest BCUT2D eigenvalue weighted by atomic mass is 10.1. The average molecular weight is 229 g/mol. The molecule has 2 aromatic rings. The van der Waals surface area contributed by atoms with Crippen LogP contribution in [0.4, 0.5) is 0 Å². The van der Waals surface area contributed by atoms with E-state index < -0.39 is 0 Å². The van der Waals surface area contributed by atoms with Crippen LogP contribution in [0.1, 0.15) is 35.0 Å². The Bertz CT molecular complexity index is 506. The van der Waals surface area contributed by atoms with Crippen molar-refractivity contribution in [1.82, 2.24) is 4.98 Å². The fourth-order valence-electron chi connectivity index (χ4n) is 1.89. The molecule has 16 heavy (non-hydrogen) atoms. The number of thiazole rings is 1. The third-order valence-electron chi connectivity index (χ3n) is 3.05. The number of rotatable bonds is 2. The molecule has 1 saturated carbocycles. The summed E-state index contributed by atoms with van der Waals surface area (Å²) in [6.07, 6.45) is 2.67. The number of aryl methyl sites for hydroxylation is 2. The molecule has 0 N–H and O–H groups in total. The van der Waals surface area contributed by atoms with Gasteiger partial charge in [0.1, 0.15) is 0 Å². The van der Waals surface area contributed by atoms with E-state index in [4.69, 9.17) is 0 Å². The Labute approximate surface area is 100 Å². The molecule has 1 aliphatic rings. The highest BCUT2D eigenvalue weighted by molar-refractivity contribution is 7.15. The van der Waals surface area contributed by atoms with Crippen LogP contribution in [0.5, 0.6) is 0 Å². The van der Waals surface area contributed by atoms with Crippen LogP contribution in [0.2, 0.25) is 0 Å². The second-order valence-corrected chi connectivity index (χ2v) is 5.64. The van der Waals surface area contributed by atoms with E-state index in [9.17, 15) is 0 Å². The summed E-state index contributed by atoms with van der Waals surface area (Å²) >= 11 is 1.88. The van der Waals surface area contributed by atoms with Crippen LogP contribution in [0.15, 0.2) is 24.3 Å². The molecule has 0 amide bonds. The van der Waals surface area contributed by atoms with E-state index >= 15 is 0 Å². The maximum absolute atomic E-state index is 4.69. The summed E-state index contributed by atoms with van der Waals surface area (Å²) in [5.74, 6) is 0.767. The lowest BCUT2D eigenvalue weighted by molar-refractivity contribution is 1.06. The number of nitrogens with zero attached hydrogens (tertiary/aromatic N) is 1. The minimum Gasteiger partial charge on any atom is -0.246 e. The molecular formula is C14H15NS. The molecule has 0 saturated heterocycles. The van der Waals surface area contributed by atoms with Crippen molar-refractivity contribution in [3.63, 3.8) is 0 Å². The van der Waals surface area contributed by atoms with Crippen LogP contribution < -0.4 is 0 Å². The van der Waals surface area contributed by atoms with Gasteiger partial charge < -0.3 is 0 Å². The molecule has 1 aromatic heterocycles. The van der Waals surface area contributed by atoms with Crippen LogP contribution in [0.3, 0.4) is 0 Å². The maximum atomic E-state index is 4.69. The zero-order valence-corrected chi connectivity index (χ0v) is 10.5. The lowest BCUT2D eigenvalue weighted by Gasteiger charge is -1.98. The molecule has 3 rings (SSSR count). The SMILES string of the molecule is Cc1ccc(-c2sc(C3CC3)nc2C)cc1. The van der Waals surface area contributed by atoms with Crippen LogP contribution in [0.25, 0.3) is 10.4 Å². The first-order valence-corrected chi connectivity index (χ1v) is 6.60. The first kappa shape index (κ1) is 10.0. The highest BCUT2D eigenvalue weighted by Gasteiger charge is 2.27. The lowest BCUT2D eigenvalue weighted by Crippen LogP contribution is -1.79. The molecule has 1 nitrogen and oxygen atoms in total. The zero-order chi connectivity index (χ0) is 11.1. The fraction of sp³-hybridized carbons (Fsp3) is 0.357. The summed E-state index contributed by atoms with van der Waals surface area (Å²) in [6, 6.07) is 8.75. The highest BCUT2D eigenvalue weighted by Crippen LogP contribution is 2.44. The quantitative estimate of drug-likeness (QED) is 0.748. The Morgan fingerprint density at radius 3 is 2.44 bits per heavy atom. The Morgan fingerprint density at radius 2 is 1.81 bits per heavy atom. The third-order valence-corrected chi connectivity index (χ3v) is 4.42. The highest BCUT2D eigenvalue weighted by atomic mass is 32.1. The van der Waals surface area contributed by atoms with E-state index in [0.717, 1.165) is 5.92 Å². The van der Waals surface area contributed by atoms with Crippen molar-refractivity contribution in [3.8, 4) is 10.4 Å². The Hall–Kier alpha value is -1.15. The molecule has 1 aliphatic carbocycles. The van der Waals surface area contributed by atoms with Crippen molar-refractivity contribution >= 4 is 11.3 Å². The number of hydrogen-bond donors (Lipinski definition) is 0. The van der Waals surface area contributed by atoms with Gasteiger partial charge in [-0.3, -0.25) is 0 Å². The van der Waals surface area contributed by atoms with Crippen LogP contribution >= 0.6 is 11.3 Å². The van der Waals surface area contributed by atoms with Crippen LogP contribution in [-0.2, 0) is 0 Å². The predicted octanol–water partition coefficient (Wildman–Crippen LogP) is 4.30. The van der Waals surface area contributed by atoms with Crippen molar-refractivity contribution in [3.05, 3.63) is 40.5 Å². The first-order valence-electron chi connectivity index (χ1n) is 5.78. The van der Waals surface area contributed by atoms with Gasteiger partial charge in [-0.1, -0.05) is 29.8 Å². The number of benzene rings is 1. The smallest absolute Gasteiger partial charge is 0.0965 e. The zero-order valence-electron chi connectivity index (χ0n) is 9.66. The summed E-state index contributed by atoms with van der Waals surface area (Å²) in [4.78, 5) is 6.04. The van der Waals surface area contributed by atoms with Gasteiger partial charge in [0.25, 0.3) is 0 Å². The van der Waals surface area contributed by atoms with Gasteiger partial charge in [0.05, 0.1) is 15.6 Å². The molecule has 1 heterocycles. The van der Waals surface area contributed by atoms with E-state index in [1.54, 1.807) is 0 Å². The first-order chi connectivity index (χ1) is 7.74. The van der Waals surface area contributed by atoms with Crippen molar-refractivity contribution in [2.45, 2.75) is 32.6 Å². The minimum atomic E-state index is 0.767. The number of hydrogen-bond acceptors (Lipinski definition) is 2. The monoisotopic (exact) mass is 229 g/mol. The van der Waals surface area contributed by atoms with E-state index in [-0.39, 0.29) is 0 Å². The van der Waals surface area contributed by atoms with Crippen molar-refractivity contribution in [2.24, 2.45) is 0 Å². The predicted molar refractivity (Wildman–Crippen MR) is 69.0 cm³/mol. The van der Waals surface area contributed by atoms with Gasteiger partial charge in [0, 0.05) is 5.92 Å². The molecule has 82 valence electrons. The average Bonchev–Trinajstić information content (AvgIpc) is 3.04. The van der Waals surface area contributed by atoms with Gasteiger partial charge in [-0.25, -0.2) is 4.98 Å². The summed E-state index contributed by atoms with van der Waals surface area (Å²) < 4.78 is 0. The van der Waals surface area contributed by atoms with Gasteiger partial charge in [0.2, 0.25) is 0 Å². The van der Waals surface area contributed by atoms with E-state index in [0.29, 0.717) is 0 Å². The van der Waals surface area contributed by atoms with E-state index in [1.807, 2.05) is 11.3 Å². The molecule has 1 aromatic carbocycles. The summed E-state index contributed by atoms with van der Waals surface area (Å²) in [5.41, 5.74) is 3.82. The van der Waals surface area contributed by atoms with Gasteiger partial charge in [0.15, 0.2) is 0 Å². The molecule has 0 atom stereocenters. The Balaban J connectivity index is 2.01. The number of aromatic nitrogens is 1. The summed E-state index contributed by atoms with van der Waals surface area (Å²) in [6.45, 7) is 4.25. The molecule has 0 radical (unpaired) electrons. The normalized spacial score (nSPS) is 15.4. The van der Waals surface area contributed by atoms with Crippen LogP contribution in [-0.4, -0.2) is 4.98 Å². The molecule has 0 spiro atoms. The van der Waals surface area contributed by atoms with Crippen molar-refractivity contribution < 1.29 is 0 Å². The second-order valence-electron chi connectivity index (χ2n) is 4.61. The molecule has 0 aliphatic heterocycles. The van der Waals surface area contributed by atoms with E-state index in [2.05, 4.69) is 43.1 Å². The molecule has 0 bridgehead atoms. The molecule has 0 unspecified atom stereocenters. The molecule has 1 fully saturated rings. The topological polar surface area (TPSA) is 12.9 Å². The van der Waals surface area contributed by atoms with Gasteiger partial charge >= 0.3 is 0 Å². The standard InChI is InChI=1S/C14H15NS/c1-9-3-5-11(6-4-9)13-10(2)15-14(16-13)12-7-8-12/h3-6,12H,7-8H2,1-2H3. The Morgan fingerprint density at radius 1 is 1.12 bits per heavy atom. The molecule has 2 heteroatoms. The molecular weight excluding hydrogens is 214 g/mol. The fourth-order valence-corrected chi connectivity index (χ4v) is 3.14. The van der Waals surface area contributed by atoms with Crippen molar-refractivity contribution in [1.29, 1.82) is 0 Å². The second kappa shape index (κ2) is 3.70. The van der Waals surface area contributed by atoms with E-state index in [1.165, 1.54) is 39.5 Å². The van der Waals surface area contributed by atoms with Gasteiger partial charge in [-0.05, 0) is 32.3 Å². The summed E-state index contributed by atoms with van der Waals surface area (Å²) in [5, 5.41) is 1.34. The largest absolute Gasteiger partial charge is 0.246 e.